The molecule has 0 N–H and O–H groups in total. The van der Waals surface area contributed by atoms with Gasteiger partial charge in [0.1, 0.15) is 22.8 Å². The molecule has 0 saturated carbocycles. The van der Waals surface area contributed by atoms with Gasteiger partial charge in [-0.25, -0.2) is 18.2 Å². The first-order chi connectivity index (χ1) is 20.1. The molecule has 0 saturated heterocycles. The Kier molecular flexibility index (Phi) is 8.06. The second-order valence-corrected chi connectivity index (χ2v) is 9.73. The van der Waals surface area contributed by atoms with Gasteiger partial charge in [0.2, 0.25) is 0 Å². The average Bonchev–Trinajstić information content (AvgIpc) is 2.96. The molecule has 214 valence electrons. The largest absolute Gasteiger partial charge is 0.495 e. The fourth-order valence-electron chi connectivity index (χ4n) is 4.78. The third-order valence-electron chi connectivity index (χ3n) is 6.91. The zero-order valence-corrected chi connectivity index (χ0v) is 23.0. The lowest BCUT2D eigenvalue weighted by molar-refractivity contribution is 0.0988. The standard InChI is InChI=1S/C32H26F3N3O4/c1-18-12-21(33)6-9-24(18)30-19(2)38(17-29(34)35)16-25(32(30)40)27(39)13-20-4-7-22(8-5-20)42-28-10-11-36-26-14-23(41-3)15-37-31(26)28/h4-12,14-16,29H,13,17H2,1-3H3. The van der Waals surface area contributed by atoms with Crippen LogP contribution in [-0.4, -0.2) is 33.9 Å². The molecule has 5 aromatic rings. The highest BCUT2D eigenvalue weighted by molar-refractivity contribution is 5.98. The van der Waals surface area contributed by atoms with Crippen molar-refractivity contribution in [2.24, 2.45) is 0 Å². The van der Waals surface area contributed by atoms with E-state index >= 15 is 0 Å². The second-order valence-electron chi connectivity index (χ2n) is 9.73. The minimum atomic E-state index is -2.71. The van der Waals surface area contributed by atoms with Crippen LogP contribution in [0.1, 0.15) is 27.2 Å². The van der Waals surface area contributed by atoms with Crippen molar-refractivity contribution in [2.45, 2.75) is 33.2 Å². The van der Waals surface area contributed by atoms with Crippen LogP contribution in [-0.2, 0) is 13.0 Å². The van der Waals surface area contributed by atoms with Crippen molar-refractivity contribution in [3.05, 3.63) is 112 Å². The average molecular weight is 574 g/mol. The van der Waals surface area contributed by atoms with Crippen molar-refractivity contribution >= 4 is 16.8 Å². The minimum Gasteiger partial charge on any atom is -0.495 e. The van der Waals surface area contributed by atoms with Crippen molar-refractivity contribution in [2.75, 3.05) is 7.11 Å². The monoisotopic (exact) mass is 573 g/mol. The zero-order chi connectivity index (χ0) is 30.0. The molecule has 0 radical (unpaired) electrons. The van der Waals surface area contributed by atoms with Gasteiger partial charge >= 0.3 is 0 Å². The van der Waals surface area contributed by atoms with Gasteiger partial charge in [-0.2, -0.15) is 0 Å². The van der Waals surface area contributed by atoms with Crippen molar-refractivity contribution in [1.82, 2.24) is 14.5 Å². The first-order valence-electron chi connectivity index (χ1n) is 13.0. The van der Waals surface area contributed by atoms with Gasteiger partial charge in [-0.1, -0.05) is 18.2 Å². The number of nitrogens with zero attached hydrogens (tertiary/aromatic N) is 3. The van der Waals surface area contributed by atoms with E-state index in [0.717, 1.165) is 0 Å². The van der Waals surface area contributed by atoms with E-state index in [-0.39, 0.29) is 23.2 Å². The third-order valence-corrected chi connectivity index (χ3v) is 6.91. The number of halogens is 3. The number of ether oxygens (including phenoxy) is 2. The van der Waals surface area contributed by atoms with Crippen LogP contribution >= 0.6 is 0 Å². The lowest BCUT2D eigenvalue weighted by Gasteiger charge is -2.18. The molecule has 7 nitrogen and oxygen atoms in total. The van der Waals surface area contributed by atoms with Crippen LogP contribution in [0.25, 0.3) is 22.2 Å². The van der Waals surface area contributed by atoms with Gasteiger partial charge in [0.05, 0.1) is 30.9 Å². The van der Waals surface area contributed by atoms with E-state index in [0.29, 0.717) is 45.0 Å². The number of benzene rings is 2. The number of Topliss-reactive ketones (excluding diaryl/α,β-unsaturated/α-hetero) is 1. The molecular formula is C32H26F3N3O4. The Balaban J connectivity index is 1.42. The highest BCUT2D eigenvalue weighted by atomic mass is 19.3. The summed E-state index contributed by atoms with van der Waals surface area (Å²) in [4.78, 5) is 35.6. The molecule has 0 aliphatic heterocycles. The molecule has 2 aromatic carbocycles. The molecule has 0 atom stereocenters. The maximum Gasteiger partial charge on any atom is 0.256 e. The molecule has 10 heteroatoms. The topological polar surface area (TPSA) is 83.3 Å². The molecule has 0 fully saturated rings. The highest BCUT2D eigenvalue weighted by Gasteiger charge is 2.22. The minimum absolute atomic E-state index is 0.0959. The van der Waals surface area contributed by atoms with E-state index < -0.39 is 30.0 Å². The summed E-state index contributed by atoms with van der Waals surface area (Å²) >= 11 is 0. The number of pyridine rings is 3. The first-order valence-corrected chi connectivity index (χ1v) is 13.0. The van der Waals surface area contributed by atoms with Crippen LogP contribution in [0.3, 0.4) is 0 Å². The number of aromatic nitrogens is 3. The van der Waals surface area contributed by atoms with Crippen molar-refractivity contribution in [3.63, 3.8) is 0 Å². The van der Waals surface area contributed by atoms with Gasteiger partial charge in [-0.15, -0.1) is 0 Å². The van der Waals surface area contributed by atoms with E-state index in [1.54, 1.807) is 62.8 Å². The molecule has 42 heavy (non-hydrogen) atoms. The summed E-state index contributed by atoms with van der Waals surface area (Å²) in [5, 5.41) is 0. The number of fused-ring (bicyclic) bond motifs is 1. The summed E-state index contributed by atoms with van der Waals surface area (Å²) in [5.41, 5.74) is 2.13. The normalized spacial score (nSPS) is 11.2. The lowest BCUT2D eigenvalue weighted by Crippen LogP contribution is -2.25. The number of rotatable bonds is 9. The predicted molar refractivity (Wildman–Crippen MR) is 152 cm³/mol. The van der Waals surface area contributed by atoms with Gasteiger partial charge in [-0.3, -0.25) is 14.6 Å². The zero-order valence-electron chi connectivity index (χ0n) is 23.0. The van der Waals surface area contributed by atoms with Gasteiger partial charge in [-0.05, 0) is 54.8 Å². The lowest BCUT2D eigenvalue weighted by atomic mass is 9.95. The molecule has 0 aliphatic rings. The van der Waals surface area contributed by atoms with Gasteiger partial charge in [0, 0.05) is 42.2 Å². The maximum atomic E-state index is 13.8. The Morgan fingerprint density at radius 1 is 1.00 bits per heavy atom. The molecule has 0 unspecified atom stereocenters. The summed E-state index contributed by atoms with van der Waals surface area (Å²) < 4.78 is 53.0. The van der Waals surface area contributed by atoms with Gasteiger partial charge in [0.15, 0.2) is 17.0 Å². The predicted octanol–water partition coefficient (Wildman–Crippen LogP) is 6.71. The fraction of sp³-hybridized carbons (Fsp3) is 0.188. The van der Waals surface area contributed by atoms with Crippen LogP contribution in [0.5, 0.6) is 17.2 Å². The second kappa shape index (κ2) is 11.9. The highest BCUT2D eigenvalue weighted by Crippen LogP contribution is 2.30. The Morgan fingerprint density at radius 3 is 2.45 bits per heavy atom. The summed E-state index contributed by atoms with van der Waals surface area (Å²) in [5.74, 6) is 0.510. The fourth-order valence-corrected chi connectivity index (χ4v) is 4.78. The summed E-state index contributed by atoms with van der Waals surface area (Å²) in [6.45, 7) is 2.46. The maximum absolute atomic E-state index is 13.8. The Morgan fingerprint density at radius 2 is 1.76 bits per heavy atom. The smallest absolute Gasteiger partial charge is 0.256 e. The van der Waals surface area contributed by atoms with E-state index in [4.69, 9.17) is 9.47 Å². The first kappa shape index (κ1) is 28.5. The molecule has 0 spiro atoms. The third kappa shape index (κ3) is 5.88. The summed E-state index contributed by atoms with van der Waals surface area (Å²) in [6.07, 6.45) is 1.49. The van der Waals surface area contributed by atoms with Crippen molar-refractivity contribution < 1.29 is 27.4 Å². The van der Waals surface area contributed by atoms with E-state index in [2.05, 4.69) is 9.97 Å². The number of hydrogen-bond acceptors (Lipinski definition) is 6. The van der Waals surface area contributed by atoms with Crippen LogP contribution in [0.15, 0.2) is 78.0 Å². The van der Waals surface area contributed by atoms with Crippen molar-refractivity contribution in [1.29, 1.82) is 0 Å². The molecule has 0 bridgehead atoms. The number of ketones is 1. The molecule has 0 aliphatic carbocycles. The van der Waals surface area contributed by atoms with Crippen LogP contribution in [0.4, 0.5) is 13.2 Å². The molecule has 0 amide bonds. The molecular weight excluding hydrogens is 547 g/mol. The van der Waals surface area contributed by atoms with Crippen molar-refractivity contribution in [3.8, 4) is 28.4 Å². The van der Waals surface area contributed by atoms with Crippen LogP contribution < -0.4 is 14.9 Å². The van der Waals surface area contributed by atoms with E-state index in [1.807, 2.05) is 0 Å². The van der Waals surface area contributed by atoms with Crippen LogP contribution in [0.2, 0.25) is 0 Å². The Bertz CT molecular complexity index is 1850. The molecule has 3 aromatic heterocycles. The van der Waals surface area contributed by atoms with Gasteiger partial charge in [0.25, 0.3) is 6.43 Å². The quantitative estimate of drug-likeness (QED) is 0.182. The number of aryl methyl sites for hydroxylation is 1. The molecule has 3 heterocycles. The number of hydrogen-bond donors (Lipinski definition) is 0. The van der Waals surface area contributed by atoms with Gasteiger partial charge < -0.3 is 14.0 Å². The van der Waals surface area contributed by atoms with Crippen LogP contribution in [0, 0.1) is 19.7 Å². The van der Waals surface area contributed by atoms with E-state index in [1.165, 1.54) is 35.9 Å². The SMILES string of the molecule is COc1cnc2c(Oc3ccc(CC(=O)c4cn(CC(F)F)c(C)c(-c5ccc(F)cc5C)c4=O)cc3)ccnc2c1. The summed E-state index contributed by atoms with van der Waals surface area (Å²) in [6, 6.07) is 14.0. The number of carbonyl (C=O) groups is 1. The number of carbonyl (C=O) groups excluding carboxylic acids is 1. The number of alkyl halides is 2. The Hall–Kier alpha value is -4.99. The van der Waals surface area contributed by atoms with E-state index in [9.17, 15) is 22.8 Å². The number of methoxy groups -OCH3 is 1. The molecule has 5 rings (SSSR count). The summed E-state index contributed by atoms with van der Waals surface area (Å²) in [7, 11) is 1.54. The Labute approximate surface area is 239 Å².